The molecule has 0 bridgehead atoms. The third kappa shape index (κ3) is 2.89. The Labute approximate surface area is 122 Å². The van der Waals surface area contributed by atoms with Gasteiger partial charge in [0, 0.05) is 18.3 Å². The summed E-state index contributed by atoms with van der Waals surface area (Å²) in [6.45, 7) is 3.56. The second-order valence-electron chi connectivity index (χ2n) is 4.72. The molecule has 1 heterocycles. The highest BCUT2D eigenvalue weighted by Gasteiger charge is 2.18. The smallest absolute Gasteiger partial charge is 0.261 e. The number of benzene rings is 1. The minimum absolute atomic E-state index is 0.0248. The Hall–Kier alpha value is -2.76. The lowest BCUT2D eigenvalue weighted by Gasteiger charge is -2.17. The fourth-order valence-corrected chi connectivity index (χ4v) is 2.05. The predicted octanol–water partition coefficient (Wildman–Crippen LogP) is 2.27. The van der Waals surface area contributed by atoms with Crippen LogP contribution in [0.15, 0.2) is 39.9 Å². The first-order chi connectivity index (χ1) is 9.93. The fraction of sp³-hybridized carbons (Fsp3) is 0.200. The molecule has 2 aromatic rings. The summed E-state index contributed by atoms with van der Waals surface area (Å²) in [5.74, 6) is 1.17. The Balaban J connectivity index is 2.25. The van der Waals surface area contributed by atoms with E-state index in [4.69, 9.17) is 15.4 Å². The summed E-state index contributed by atoms with van der Waals surface area (Å²) in [4.78, 5) is 14.0. The van der Waals surface area contributed by atoms with Gasteiger partial charge in [-0.05, 0) is 44.2 Å². The summed E-state index contributed by atoms with van der Waals surface area (Å²) in [5.41, 5.74) is 7.32. The van der Waals surface area contributed by atoms with E-state index in [-0.39, 0.29) is 11.7 Å². The van der Waals surface area contributed by atoms with Gasteiger partial charge in [-0.25, -0.2) is 0 Å². The van der Waals surface area contributed by atoms with Crippen LogP contribution < -0.4 is 10.6 Å². The average Bonchev–Trinajstić information content (AvgIpc) is 2.83. The van der Waals surface area contributed by atoms with Gasteiger partial charge in [-0.1, -0.05) is 5.16 Å². The second-order valence-corrected chi connectivity index (χ2v) is 4.72. The van der Waals surface area contributed by atoms with Crippen molar-refractivity contribution in [2.45, 2.75) is 13.8 Å². The van der Waals surface area contributed by atoms with Crippen molar-refractivity contribution < 1.29 is 14.4 Å². The van der Waals surface area contributed by atoms with Crippen LogP contribution in [-0.2, 0) is 0 Å². The lowest BCUT2D eigenvalue weighted by molar-refractivity contribution is 0.0991. The highest BCUT2D eigenvalue weighted by Crippen LogP contribution is 2.20. The van der Waals surface area contributed by atoms with Crippen LogP contribution in [0.4, 0.5) is 5.69 Å². The number of oxime groups is 1. The van der Waals surface area contributed by atoms with E-state index < -0.39 is 0 Å². The summed E-state index contributed by atoms with van der Waals surface area (Å²) in [6, 6.07) is 8.54. The zero-order valence-electron chi connectivity index (χ0n) is 12.1. The van der Waals surface area contributed by atoms with Crippen molar-refractivity contribution in [3.05, 3.63) is 53.0 Å². The van der Waals surface area contributed by atoms with Crippen molar-refractivity contribution in [2.75, 3.05) is 11.9 Å². The van der Waals surface area contributed by atoms with E-state index in [2.05, 4.69) is 5.16 Å². The SMILES string of the molecule is Cc1cc(C(=O)N(C)c2ccc(C(N)=NO)cc2)c(C)o1. The maximum Gasteiger partial charge on any atom is 0.261 e. The number of carbonyl (C=O) groups excluding carboxylic acids is 1. The largest absolute Gasteiger partial charge is 0.466 e. The lowest BCUT2D eigenvalue weighted by atomic mass is 10.1. The molecule has 0 aliphatic rings. The molecule has 0 fully saturated rings. The molecule has 6 nitrogen and oxygen atoms in total. The number of amides is 1. The topological polar surface area (TPSA) is 92.1 Å². The lowest BCUT2D eigenvalue weighted by Crippen LogP contribution is -2.26. The van der Waals surface area contributed by atoms with Crippen molar-refractivity contribution in [3.63, 3.8) is 0 Å². The van der Waals surface area contributed by atoms with Gasteiger partial charge < -0.3 is 20.3 Å². The van der Waals surface area contributed by atoms with Crippen molar-refractivity contribution in [1.82, 2.24) is 0 Å². The van der Waals surface area contributed by atoms with Crippen LogP contribution in [0.5, 0.6) is 0 Å². The second kappa shape index (κ2) is 5.70. The molecule has 0 saturated carbocycles. The predicted molar refractivity (Wildman–Crippen MR) is 79.9 cm³/mol. The minimum atomic E-state index is -0.152. The summed E-state index contributed by atoms with van der Waals surface area (Å²) in [7, 11) is 1.68. The molecule has 1 aromatic heterocycles. The van der Waals surface area contributed by atoms with E-state index in [1.807, 2.05) is 0 Å². The van der Waals surface area contributed by atoms with Crippen molar-refractivity contribution in [1.29, 1.82) is 0 Å². The van der Waals surface area contributed by atoms with Gasteiger partial charge in [-0.15, -0.1) is 0 Å². The number of hydrogen-bond acceptors (Lipinski definition) is 4. The summed E-state index contributed by atoms with van der Waals surface area (Å²) in [5, 5.41) is 11.6. The molecule has 6 heteroatoms. The van der Waals surface area contributed by atoms with E-state index in [0.29, 0.717) is 28.3 Å². The van der Waals surface area contributed by atoms with E-state index in [9.17, 15) is 4.79 Å². The van der Waals surface area contributed by atoms with E-state index in [1.54, 1.807) is 51.2 Å². The normalized spacial score (nSPS) is 11.5. The number of rotatable bonds is 3. The number of aryl methyl sites for hydroxylation is 2. The summed E-state index contributed by atoms with van der Waals surface area (Å²) >= 11 is 0. The molecule has 21 heavy (non-hydrogen) atoms. The molecular formula is C15H17N3O3. The van der Waals surface area contributed by atoms with Crippen LogP contribution in [-0.4, -0.2) is 24.0 Å². The third-order valence-electron chi connectivity index (χ3n) is 3.23. The van der Waals surface area contributed by atoms with Gasteiger partial charge in [-0.2, -0.15) is 0 Å². The van der Waals surface area contributed by atoms with Crippen molar-refractivity contribution >= 4 is 17.4 Å². The molecule has 0 unspecified atom stereocenters. The Morgan fingerprint density at radius 2 is 1.90 bits per heavy atom. The minimum Gasteiger partial charge on any atom is -0.466 e. The van der Waals surface area contributed by atoms with Gasteiger partial charge in [0.05, 0.1) is 5.56 Å². The third-order valence-corrected chi connectivity index (χ3v) is 3.23. The molecule has 2 rings (SSSR count). The molecule has 1 amide bonds. The quantitative estimate of drug-likeness (QED) is 0.392. The molecule has 3 N–H and O–H groups in total. The van der Waals surface area contributed by atoms with Gasteiger partial charge in [0.2, 0.25) is 0 Å². The van der Waals surface area contributed by atoms with E-state index in [1.165, 1.54) is 4.90 Å². The maximum atomic E-state index is 12.4. The Morgan fingerprint density at radius 1 is 1.29 bits per heavy atom. The molecule has 0 atom stereocenters. The van der Waals surface area contributed by atoms with Crippen LogP contribution in [0, 0.1) is 13.8 Å². The van der Waals surface area contributed by atoms with Gasteiger partial charge in [0.15, 0.2) is 5.84 Å². The number of nitrogens with zero attached hydrogens (tertiary/aromatic N) is 2. The number of anilines is 1. The molecule has 0 saturated heterocycles. The molecule has 0 aliphatic carbocycles. The van der Waals surface area contributed by atoms with Crippen LogP contribution in [0.1, 0.15) is 27.4 Å². The zero-order chi connectivity index (χ0) is 15.6. The average molecular weight is 287 g/mol. The number of hydrogen-bond donors (Lipinski definition) is 2. The molecule has 1 aromatic carbocycles. The van der Waals surface area contributed by atoms with Crippen LogP contribution in [0.2, 0.25) is 0 Å². The summed E-state index contributed by atoms with van der Waals surface area (Å²) in [6.07, 6.45) is 0. The van der Waals surface area contributed by atoms with Gasteiger partial charge >= 0.3 is 0 Å². The Morgan fingerprint density at radius 3 is 2.38 bits per heavy atom. The molecule has 0 radical (unpaired) electrons. The standard InChI is InChI=1S/C15H17N3O3/c1-9-8-13(10(2)21-9)15(19)18(3)12-6-4-11(5-7-12)14(16)17-20/h4-8,20H,1-3H3,(H2,16,17). The van der Waals surface area contributed by atoms with Crippen LogP contribution >= 0.6 is 0 Å². The monoisotopic (exact) mass is 287 g/mol. The zero-order valence-corrected chi connectivity index (χ0v) is 12.1. The highest BCUT2D eigenvalue weighted by atomic mass is 16.4. The van der Waals surface area contributed by atoms with Crippen molar-refractivity contribution in [2.24, 2.45) is 10.9 Å². The highest BCUT2D eigenvalue weighted by molar-refractivity contribution is 6.06. The number of amidine groups is 1. The molecule has 110 valence electrons. The Kier molecular flexibility index (Phi) is 3.98. The first-order valence-corrected chi connectivity index (χ1v) is 6.37. The summed E-state index contributed by atoms with van der Waals surface area (Å²) < 4.78 is 5.38. The Bertz CT molecular complexity index is 687. The van der Waals surface area contributed by atoms with E-state index >= 15 is 0 Å². The van der Waals surface area contributed by atoms with E-state index in [0.717, 1.165) is 0 Å². The molecular weight excluding hydrogens is 270 g/mol. The van der Waals surface area contributed by atoms with Gasteiger partial charge in [0.1, 0.15) is 11.5 Å². The number of furan rings is 1. The number of carbonyl (C=O) groups is 1. The van der Waals surface area contributed by atoms with Gasteiger partial charge in [0.25, 0.3) is 5.91 Å². The first kappa shape index (κ1) is 14.6. The van der Waals surface area contributed by atoms with Gasteiger partial charge in [-0.3, -0.25) is 4.79 Å². The van der Waals surface area contributed by atoms with Crippen LogP contribution in [0.25, 0.3) is 0 Å². The molecule has 0 aliphatic heterocycles. The maximum absolute atomic E-state index is 12.4. The van der Waals surface area contributed by atoms with Crippen LogP contribution in [0.3, 0.4) is 0 Å². The molecule has 0 spiro atoms. The first-order valence-electron chi connectivity index (χ1n) is 6.37. The number of nitrogens with two attached hydrogens (primary N) is 1. The van der Waals surface area contributed by atoms with Crippen molar-refractivity contribution in [3.8, 4) is 0 Å². The fourth-order valence-electron chi connectivity index (χ4n) is 2.05.